The Morgan fingerprint density at radius 3 is 2.59 bits per heavy atom. The molecule has 0 aliphatic carbocycles. The molecule has 0 unspecified atom stereocenters. The fourth-order valence-corrected chi connectivity index (χ4v) is 2.15. The molecule has 0 spiro atoms. The van der Waals surface area contributed by atoms with Gasteiger partial charge in [0.15, 0.2) is 0 Å². The van der Waals surface area contributed by atoms with Crippen LogP contribution in [-0.4, -0.2) is 33.2 Å². The minimum atomic E-state index is -0.535. The normalized spacial score (nSPS) is 13.9. The molecule has 5 nitrogen and oxygen atoms in total. The van der Waals surface area contributed by atoms with Crippen LogP contribution >= 0.6 is 0 Å². The lowest BCUT2D eigenvalue weighted by Gasteiger charge is -2.19. The van der Waals surface area contributed by atoms with Gasteiger partial charge in [-0.3, -0.25) is 4.79 Å². The molecule has 1 heterocycles. The van der Waals surface area contributed by atoms with Gasteiger partial charge in [-0.25, -0.2) is 4.98 Å². The SMILES string of the molecule is CC(C)[C@@H](O)CNC(=O)[C@H](C)n1ccnc1-c1ccccc1. The van der Waals surface area contributed by atoms with Crippen LogP contribution in [-0.2, 0) is 4.79 Å². The van der Waals surface area contributed by atoms with Crippen molar-refractivity contribution in [3.05, 3.63) is 42.7 Å². The minimum absolute atomic E-state index is 0.115. The van der Waals surface area contributed by atoms with E-state index in [-0.39, 0.29) is 18.4 Å². The van der Waals surface area contributed by atoms with Crippen LogP contribution in [0.15, 0.2) is 42.7 Å². The summed E-state index contributed by atoms with van der Waals surface area (Å²) in [6.07, 6.45) is 2.95. The van der Waals surface area contributed by atoms with Crippen molar-refractivity contribution < 1.29 is 9.90 Å². The van der Waals surface area contributed by atoms with Crippen LogP contribution in [0.5, 0.6) is 0 Å². The highest BCUT2D eigenvalue weighted by Crippen LogP contribution is 2.20. The summed E-state index contributed by atoms with van der Waals surface area (Å²) in [6, 6.07) is 9.37. The molecule has 0 radical (unpaired) electrons. The van der Waals surface area contributed by atoms with Gasteiger partial charge in [-0.05, 0) is 12.8 Å². The molecule has 2 rings (SSSR count). The van der Waals surface area contributed by atoms with E-state index in [2.05, 4.69) is 10.3 Å². The zero-order chi connectivity index (χ0) is 16.1. The summed E-state index contributed by atoms with van der Waals surface area (Å²) in [5, 5.41) is 12.6. The standard InChI is InChI=1S/C17H23N3O2/c1-12(2)15(21)11-19-17(22)13(3)20-10-9-18-16(20)14-7-5-4-6-8-14/h4-10,12-13,15,21H,11H2,1-3H3,(H,19,22)/t13-,15-/m0/s1. The van der Waals surface area contributed by atoms with Crippen LogP contribution in [0.3, 0.4) is 0 Å². The molecule has 2 atom stereocenters. The van der Waals surface area contributed by atoms with Gasteiger partial charge in [-0.15, -0.1) is 0 Å². The lowest BCUT2D eigenvalue weighted by atomic mass is 10.1. The molecule has 1 aromatic heterocycles. The topological polar surface area (TPSA) is 67.2 Å². The number of nitrogens with zero attached hydrogens (tertiary/aromatic N) is 2. The Balaban J connectivity index is 2.09. The lowest BCUT2D eigenvalue weighted by Crippen LogP contribution is -2.38. The van der Waals surface area contributed by atoms with Crippen molar-refractivity contribution >= 4 is 5.91 Å². The Hall–Kier alpha value is -2.14. The summed E-state index contributed by atoms with van der Waals surface area (Å²) in [5.41, 5.74) is 0.967. The van der Waals surface area contributed by atoms with E-state index in [0.29, 0.717) is 0 Å². The maximum atomic E-state index is 12.3. The van der Waals surface area contributed by atoms with Gasteiger partial charge >= 0.3 is 0 Å². The van der Waals surface area contributed by atoms with Crippen molar-refractivity contribution in [1.82, 2.24) is 14.9 Å². The van der Waals surface area contributed by atoms with E-state index >= 15 is 0 Å². The smallest absolute Gasteiger partial charge is 0.242 e. The van der Waals surface area contributed by atoms with Crippen molar-refractivity contribution in [2.45, 2.75) is 32.9 Å². The number of carbonyl (C=O) groups excluding carboxylic acids is 1. The van der Waals surface area contributed by atoms with E-state index in [0.717, 1.165) is 11.4 Å². The monoisotopic (exact) mass is 301 g/mol. The van der Waals surface area contributed by atoms with E-state index in [9.17, 15) is 9.90 Å². The van der Waals surface area contributed by atoms with Crippen LogP contribution in [0.25, 0.3) is 11.4 Å². The van der Waals surface area contributed by atoms with E-state index in [1.165, 1.54) is 0 Å². The Morgan fingerprint density at radius 2 is 1.95 bits per heavy atom. The molecule has 0 saturated heterocycles. The first-order valence-corrected chi connectivity index (χ1v) is 7.54. The number of hydrogen-bond acceptors (Lipinski definition) is 3. The number of hydrogen-bond donors (Lipinski definition) is 2. The van der Waals surface area contributed by atoms with Gasteiger partial charge in [-0.2, -0.15) is 0 Å². The predicted octanol–water partition coefficient (Wildman–Crippen LogP) is 2.24. The van der Waals surface area contributed by atoms with Crippen LogP contribution < -0.4 is 5.32 Å². The fourth-order valence-electron chi connectivity index (χ4n) is 2.15. The van der Waals surface area contributed by atoms with E-state index in [1.807, 2.05) is 55.7 Å². The third-order valence-electron chi connectivity index (χ3n) is 3.75. The molecule has 0 aliphatic rings. The van der Waals surface area contributed by atoms with Crippen molar-refractivity contribution in [2.24, 2.45) is 5.92 Å². The summed E-state index contributed by atoms with van der Waals surface area (Å²) < 4.78 is 1.84. The number of carbonyl (C=O) groups is 1. The third kappa shape index (κ3) is 3.74. The second kappa shape index (κ2) is 7.22. The summed E-state index contributed by atoms with van der Waals surface area (Å²) in [4.78, 5) is 16.6. The first kappa shape index (κ1) is 16.2. The molecule has 118 valence electrons. The number of imidazole rings is 1. The molecule has 1 amide bonds. The number of aliphatic hydroxyl groups is 1. The first-order chi connectivity index (χ1) is 10.5. The van der Waals surface area contributed by atoms with E-state index in [4.69, 9.17) is 0 Å². The van der Waals surface area contributed by atoms with Crippen molar-refractivity contribution in [2.75, 3.05) is 6.54 Å². The Kier molecular flexibility index (Phi) is 5.33. The molecular formula is C17H23N3O2. The second-order valence-electron chi connectivity index (χ2n) is 5.76. The van der Waals surface area contributed by atoms with E-state index in [1.54, 1.807) is 12.4 Å². The van der Waals surface area contributed by atoms with Crippen LogP contribution in [0.4, 0.5) is 0 Å². The Labute approximate surface area is 131 Å². The van der Waals surface area contributed by atoms with Gasteiger partial charge in [0.1, 0.15) is 11.9 Å². The number of rotatable bonds is 6. The van der Waals surface area contributed by atoms with Crippen LogP contribution in [0.1, 0.15) is 26.8 Å². The quantitative estimate of drug-likeness (QED) is 0.860. The van der Waals surface area contributed by atoms with Crippen LogP contribution in [0, 0.1) is 5.92 Å². The molecule has 22 heavy (non-hydrogen) atoms. The third-order valence-corrected chi connectivity index (χ3v) is 3.75. The second-order valence-corrected chi connectivity index (χ2v) is 5.76. The van der Waals surface area contributed by atoms with Gasteiger partial charge in [0.05, 0.1) is 6.10 Å². The van der Waals surface area contributed by atoms with Crippen molar-refractivity contribution in [3.8, 4) is 11.4 Å². The molecule has 2 N–H and O–H groups in total. The maximum absolute atomic E-state index is 12.3. The number of benzene rings is 1. The van der Waals surface area contributed by atoms with Gasteiger partial charge in [0.25, 0.3) is 0 Å². The summed E-state index contributed by atoms with van der Waals surface area (Å²) >= 11 is 0. The Morgan fingerprint density at radius 1 is 1.27 bits per heavy atom. The zero-order valence-electron chi connectivity index (χ0n) is 13.2. The zero-order valence-corrected chi connectivity index (χ0v) is 13.2. The Bertz CT molecular complexity index is 607. The summed E-state index contributed by atoms with van der Waals surface area (Å²) in [5.74, 6) is 0.742. The first-order valence-electron chi connectivity index (χ1n) is 7.54. The summed E-state index contributed by atoms with van der Waals surface area (Å²) in [7, 11) is 0. The molecule has 2 aromatic rings. The average Bonchev–Trinajstić information content (AvgIpc) is 3.01. The highest BCUT2D eigenvalue weighted by molar-refractivity contribution is 5.80. The van der Waals surface area contributed by atoms with Crippen molar-refractivity contribution in [1.29, 1.82) is 0 Å². The van der Waals surface area contributed by atoms with Gasteiger partial charge in [-0.1, -0.05) is 44.2 Å². The molecule has 5 heteroatoms. The van der Waals surface area contributed by atoms with Gasteiger partial charge in [0.2, 0.25) is 5.91 Å². The molecule has 0 bridgehead atoms. The number of aromatic nitrogens is 2. The van der Waals surface area contributed by atoms with Gasteiger partial charge in [0, 0.05) is 24.5 Å². The highest BCUT2D eigenvalue weighted by Gasteiger charge is 2.19. The predicted molar refractivity (Wildman–Crippen MR) is 86.2 cm³/mol. The van der Waals surface area contributed by atoms with E-state index < -0.39 is 12.1 Å². The minimum Gasteiger partial charge on any atom is -0.391 e. The average molecular weight is 301 g/mol. The molecule has 0 aliphatic heterocycles. The highest BCUT2D eigenvalue weighted by atomic mass is 16.3. The lowest BCUT2D eigenvalue weighted by molar-refractivity contribution is -0.124. The molecule has 0 fully saturated rings. The fraction of sp³-hybridized carbons (Fsp3) is 0.412. The number of amides is 1. The molecular weight excluding hydrogens is 278 g/mol. The summed E-state index contributed by atoms with van der Waals surface area (Å²) in [6.45, 7) is 5.93. The maximum Gasteiger partial charge on any atom is 0.242 e. The molecule has 1 aromatic carbocycles. The van der Waals surface area contributed by atoms with Crippen molar-refractivity contribution in [3.63, 3.8) is 0 Å². The number of nitrogens with one attached hydrogen (secondary N) is 1. The largest absolute Gasteiger partial charge is 0.391 e. The molecule has 0 saturated carbocycles. The van der Waals surface area contributed by atoms with Crippen LogP contribution in [0.2, 0.25) is 0 Å². The number of aliphatic hydroxyl groups excluding tert-OH is 1. The van der Waals surface area contributed by atoms with Gasteiger partial charge < -0.3 is 15.0 Å².